The van der Waals surface area contributed by atoms with Crippen molar-refractivity contribution in [1.29, 1.82) is 0 Å². The fourth-order valence-electron chi connectivity index (χ4n) is 0.450. The average molecular weight is 264 g/mol. The van der Waals surface area contributed by atoms with Crippen molar-refractivity contribution in [3.05, 3.63) is 0 Å². The highest BCUT2D eigenvalue weighted by atomic mass is 32.2. The standard InChI is InChI=1S/C4H3F7O3S/c5-2(6,4(9,10)11)1-3(7,8)15(12,13)14/h1H2,(H,12,13,14). The predicted molar refractivity (Wildman–Crippen MR) is 32.1 cm³/mol. The third-order valence-corrected chi connectivity index (χ3v) is 2.12. The van der Waals surface area contributed by atoms with Crippen molar-refractivity contribution in [3.63, 3.8) is 0 Å². The Morgan fingerprint density at radius 3 is 1.47 bits per heavy atom. The van der Waals surface area contributed by atoms with E-state index in [9.17, 15) is 39.2 Å². The third kappa shape index (κ3) is 3.19. The van der Waals surface area contributed by atoms with Gasteiger partial charge in [0.05, 0.1) is 0 Å². The molecule has 0 radical (unpaired) electrons. The summed E-state index contributed by atoms with van der Waals surface area (Å²) in [5.41, 5.74) is 0. The minimum Gasteiger partial charge on any atom is -0.281 e. The summed E-state index contributed by atoms with van der Waals surface area (Å²) >= 11 is 0. The first-order chi connectivity index (χ1) is 6.21. The SMILES string of the molecule is O=S(=O)(O)C(F)(F)CC(F)(F)C(F)(F)F. The number of alkyl halides is 7. The van der Waals surface area contributed by atoms with Crippen molar-refractivity contribution in [1.82, 2.24) is 0 Å². The second kappa shape index (κ2) is 3.47. The molecule has 0 aromatic carbocycles. The fourth-order valence-corrected chi connectivity index (χ4v) is 0.814. The van der Waals surface area contributed by atoms with Crippen LogP contribution in [0.5, 0.6) is 0 Å². The van der Waals surface area contributed by atoms with Gasteiger partial charge in [-0.3, -0.25) is 4.55 Å². The molecule has 0 fully saturated rings. The maximum absolute atomic E-state index is 12.1. The molecule has 0 bridgehead atoms. The lowest BCUT2D eigenvalue weighted by molar-refractivity contribution is -0.294. The van der Waals surface area contributed by atoms with Gasteiger partial charge in [-0.1, -0.05) is 0 Å². The topological polar surface area (TPSA) is 54.4 Å². The van der Waals surface area contributed by atoms with Crippen LogP contribution in [0.1, 0.15) is 6.42 Å². The molecule has 0 aromatic rings. The van der Waals surface area contributed by atoms with Crippen molar-refractivity contribution >= 4 is 10.1 Å². The summed E-state index contributed by atoms with van der Waals surface area (Å²) in [6, 6.07) is 0. The van der Waals surface area contributed by atoms with Crippen LogP contribution in [0.25, 0.3) is 0 Å². The van der Waals surface area contributed by atoms with Crippen LogP contribution in [0.3, 0.4) is 0 Å². The van der Waals surface area contributed by atoms with Gasteiger partial charge in [-0.05, 0) is 0 Å². The van der Waals surface area contributed by atoms with E-state index in [1.165, 1.54) is 0 Å². The lowest BCUT2D eigenvalue weighted by Crippen LogP contribution is -2.44. The molecule has 92 valence electrons. The van der Waals surface area contributed by atoms with Crippen LogP contribution in [-0.2, 0) is 10.1 Å². The molecule has 0 saturated heterocycles. The smallest absolute Gasteiger partial charge is 0.281 e. The van der Waals surface area contributed by atoms with E-state index in [0.717, 1.165) is 0 Å². The molecule has 3 nitrogen and oxygen atoms in total. The van der Waals surface area contributed by atoms with Gasteiger partial charge >= 0.3 is 27.5 Å². The van der Waals surface area contributed by atoms with Crippen LogP contribution in [0.15, 0.2) is 0 Å². The van der Waals surface area contributed by atoms with Gasteiger partial charge in [0.1, 0.15) is 6.42 Å². The zero-order valence-electron chi connectivity index (χ0n) is 6.52. The maximum atomic E-state index is 12.1. The summed E-state index contributed by atoms with van der Waals surface area (Å²) in [7, 11) is -6.31. The summed E-state index contributed by atoms with van der Waals surface area (Å²) in [5, 5.41) is -5.56. The zero-order chi connectivity index (χ0) is 12.7. The maximum Gasteiger partial charge on any atom is 0.453 e. The van der Waals surface area contributed by atoms with Crippen LogP contribution in [0.4, 0.5) is 30.7 Å². The molecule has 0 aliphatic rings. The molecule has 0 heterocycles. The molecule has 0 amide bonds. The van der Waals surface area contributed by atoms with Crippen molar-refractivity contribution in [2.45, 2.75) is 23.8 Å². The molecule has 0 spiro atoms. The van der Waals surface area contributed by atoms with E-state index in [4.69, 9.17) is 4.55 Å². The van der Waals surface area contributed by atoms with Crippen molar-refractivity contribution in [3.8, 4) is 0 Å². The van der Waals surface area contributed by atoms with E-state index in [1.807, 2.05) is 0 Å². The second-order valence-electron chi connectivity index (χ2n) is 2.49. The highest BCUT2D eigenvalue weighted by Crippen LogP contribution is 2.43. The number of halogens is 7. The first-order valence-corrected chi connectivity index (χ1v) is 4.44. The van der Waals surface area contributed by atoms with E-state index in [0.29, 0.717) is 0 Å². The molecule has 0 unspecified atom stereocenters. The molecule has 0 saturated carbocycles. The molecule has 0 atom stereocenters. The van der Waals surface area contributed by atoms with Crippen molar-refractivity contribution < 1.29 is 43.7 Å². The van der Waals surface area contributed by atoms with Crippen LogP contribution in [0, 0.1) is 0 Å². The molecule has 1 N–H and O–H groups in total. The van der Waals surface area contributed by atoms with E-state index in [2.05, 4.69) is 0 Å². The Morgan fingerprint density at radius 1 is 0.933 bits per heavy atom. The van der Waals surface area contributed by atoms with Crippen molar-refractivity contribution in [2.24, 2.45) is 0 Å². The Labute approximate surface area is 78.6 Å². The van der Waals surface area contributed by atoms with Gasteiger partial charge in [0.15, 0.2) is 0 Å². The molecule has 0 aliphatic heterocycles. The van der Waals surface area contributed by atoms with Gasteiger partial charge < -0.3 is 0 Å². The van der Waals surface area contributed by atoms with E-state index in [1.54, 1.807) is 0 Å². The Hall–Kier alpha value is -0.580. The average Bonchev–Trinajstić information content (AvgIpc) is 1.77. The van der Waals surface area contributed by atoms with E-state index < -0.39 is 33.9 Å². The molecule has 11 heteroatoms. The van der Waals surface area contributed by atoms with Crippen molar-refractivity contribution in [2.75, 3.05) is 0 Å². The predicted octanol–water partition coefficient (Wildman–Crippen LogP) is 2.05. The molecule has 0 aromatic heterocycles. The number of hydrogen-bond donors (Lipinski definition) is 1. The third-order valence-electron chi connectivity index (χ3n) is 1.22. The van der Waals surface area contributed by atoms with Gasteiger partial charge in [0.25, 0.3) is 0 Å². The number of rotatable bonds is 3. The van der Waals surface area contributed by atoms with Gasteiger partial charge in [0, 0.05) is 0 Å². The Bertz CT molecular complexity index is 329. The Morgan fingerprint density at radius 2 is 1.27 bits per heavy atom. The first-order valence-electron chi connectivity index (χ1n) is 3.00. The van der Waals surface area contributed by atoms with Gasteiger partial charge in [-0.15, -0.1) is 0 Å². The minimum atomic E-state index is -6.32. The first kappa shape index (κ1) is 14.4. The Kier molecular flexibility index (Phi) is 3.34. The van der Waals surface area contributed by atoms with Gasteiger partial charge in [-0.25, -0.2) is 0 Å². The molecule has 0 aliphatic carbocycles. The minimum absolute atomic E-state index is 3.36. The van der Waals surface area contributed by atoms with E-state index >= 15 is 0 Å². The lowest BCUT2D eigenvalue weighted by Gasteiger charge is -2.22. The molecular weight excluding hydrogens is 261 g/mol. The van der Waals surface area contributed by atoms with Crippen LogP contribution < -0.4 is 0 Å². The fraction of sp³-hybridized carbons (Fsp3) is 1.00. The summed E-state index contributed by atoms with van der Waals surface area (Å²) < 4.78 is 110. The summed E-state index contributed by atoms with van der Waals surface area (Å²) in [5.74, 6) is -5.91. The Balaban J connectivity index is 5.07. The summed E-state index contributed by atoms with van der Waals surface area (Å²) in [6.07, 6.45) is -9.68. The van der Waals surface area contributed by atoms with Gasteiger partial charge in [0.2, 0.25) is 0 Å². The summed E-state index contributed by atoms with van der Waals surface area (Å²) in [6.45, 7) is 0. The largest absolute Gasteiger partial charge is 0.453 e. The van der Waals surface area contributed by atoms with Gasteiger partial charge in [-0.2, -0.15) is 39.2 Å². The highest BCUT2D eigenvalue weighted by molar-refractivity contribution is 7.86. The molecule has 15 heavy (non-hydrogen) atoms. The lowest BCUT2D eigenvalue weighted by atomic mass is 10.2. The monoisotopic (exact) mass is 264 g/mol. The number of hydrogen-bond acceptors (Lipinski definition) is 2. The quantitative estimate of drug-likeness (QED) is 0.627. The van der Waals surface area contributed by atoms with Crippen LogP contribution >= 0.6 is 0 Å². The molecule has 0 rings (SSSR count). The van der Waals surface area contributed by atoms with E-state index in [-0.39, 0.29) is 0 Å². The van der Waals surface area contributed by atoms with Crippen LogP contribution in [0.2, 0.25) is 0 Å². The van der Waals surface area contributed by atoms with Crippen LogP contribution in [-0.4, -0.2) is 30.3 Å². The highest BCUT2D eigenvalue weighted by Gasteiger charge is 2.64. The molecular formula is C4H3F7O3S. The normalized spacial score (nSPS) is 15.5. The zero-order valence-corrected chi connectivity index (χ0v) is 7.34. The summed E-state index contributed by atoms with van der Waals surface area (Å²) in [4.78, 5) is 0. The second-order valence-corrected chi connectivity index (χ2v) is 4.04.